The van der Waals surface area contributed by atoms with Crippen molar-refractivity contribution in [2.45, 2.75) is 39.7 Å². The molecule has 3 heterocycles. The summed E-state index contributed by atoms with van der Waals surface area (Å²) in [5.41, 5.74) is 2.38. The maximum absolute atomic E-state index is 12.5. The van der Waals surface area contributed by atoms with Gasteiger partial charge in [0.25, 0.3) is 0 Å². The van der Waals surface area contributed by atoms with Crippen molar-refractivity contribution in [3.63, 3.8) is 0 Å². The molecule has 7 nitrogen and oxygen atoms in total. The van der Waals surface area contributed by atoms with Gasteiger partial charge in [-0.25, -0.2) is 4.98 Å². The van der Waals surface area contributed by atoms with E-state index >= 15 is 0 Å². The van der Waals surface area contributed by atoms with Gasteiger partial charge in [0, 0.05) is 42.7 Å². The van der Waals surface area contributed by atoms with Crippen molar-refractivity contribution in [2.75, 3.05) is 11.9 Å². The standard InChI is InChI=1S/C17H23N5O2S/c1-10-12(8-21(5)20-10)13-9-25-16(18-13)19-15(24)11-6-14(23)22(7-11)17(2,3)4/h8-9,11H,6-7H2,1-5H3,(H,18,19,24)/t11-/m0/s1. The van der Waals surface area contributed by atoms with E-state index in [4.69, 9.17) is 0 Å². The number of hydrogen-bond acceptors (Lipinski definition) is 5. The summed E-state index contributed by atoms with van der Waals surface area (Å²) in [7, 11) is 1.86. The van der Waals surface area contributed by atoms with Gasteiger partial charge in [0.15, 0.2) is 5.13 Å². The highest BCUT2D eigenvalue weighted by molar-refractivity contribution is 7.14. The Morgan fingerprint density at radius 1 is 1.40 bits per heavy atom. The summed E-state index contributed by atoms with van der Waals surface area (Å²) in [4.78, 5) is 30.9. The highest BCUT2D eigenvalue weighted by atomic mass is 32.1. The lowest BCUT2D eigenvalue weighted by molar-refractivity contribution is -0.131. The lowest BCUT2D eigenvalue weighted by atomic mass is 10.1. The van der Waals surface area contributed by atoms with E-state index in [1.807, 2.05) is 46.3 Å². The number of aryl methyl sites for hydroxylation is 2. The fourth-order valence-corrected chi connectivity index (χ4v) is 3.76. The molecule has 25 heavy (non-hydrogen) atoms. The minimum absolute atomic E-state index is 0.0264. The maximum Gasteiger partial charge on any atom is 0.231 e. The lowest BCUT2D eigenvalue weighted by Gasteiger charge is -2.31. The molecular weight excluding hydrogens is 338 g/mol. The van der Waals surface area contributed by atoms with Crippen molar-refractivity contribution in [3.8, 4) is 11.3 Å². The second-order valence-corrected chi connectivity index (χ2v) is 8.26. The van der Waals surface area contributed by atoms with Gasteiger partial charge in [-0.1, -0.05) is 0 Å². The second kappa shape index (κ2) is 6.25. The first-order chi connectivity index (χ1) is 11.6. The summed E-state index contributed by atoms with van der Waals surface area (Å²) >= 11 is 1.38. The van der Waals surface area contributed by atoms with Crippen molar-refractivity contribution in [3.05, 3.63) is 17.3 Å². The van der Waals surface area contributed by atoms with Gasteiger partial charge in [-0.05, 0) is 27.7 Å². The summed E-state index contributed by atoms with van der Waals surface area (Å²) in [5, 5.41) is 9.62. The molecule has 0 radical (unpaired) electrons. The van der Waals surface area contributed by atoms with Gasteiger partial charge in [0.1, 0.15) is 0 Å². The molecule has 2 amide bonds. The van der Waals surface area contributed by atoms with Gasteiger partial charge in [0.05, 0.1) is 17.3 Å². The molecule has 0 bridgehead atoms. The third-order valence-corrected chi connectivity index (χ3v) is 5.09. The van der Waals surface area contributed by atoms with E-state index in [2.05, 4.69) is 15.4 Å². The SMILES string of the molecule is Cc1nn(C)cc1-c1csc(NC(=O)[C@H]2CC(=O)N(C(C)(C)C)C2)n1. The summed E-state index contributed by atoms with van der Waals surface area (Å²) in [6.45, 7) is 8.32. The Morgan fingerprint density at radius 3 is 2.68 bits per heavy atom. The first-order valence-corrected chi connectivity index (χ1v) is 9.10. The smallest absolute Gasteiger partial charge is 0.231 e. The van der Waals surface area contributed by atoms with Gasteiger partial charge < -0.3 is 10.2 Å². The van der Waals surface area contributed by atoms with Gasteiger partial charge in [-0.15, -0.1) is 11.3 Å². The van der Waals surface area contributed by atoms with Gasteiger partial charge >= 0.3 is 0 Å². The van der Waals surface area contributed by atoms with E-state index < -0.39 is 0 Å². The number of likely N-dealkylation sites (tertiary alicyclic amines) is 1. The van der Waals surface area contributed by atoms with Crippen LogP contribution >= 0.6 is 11.3 Å². The van der Waals surface area contributed by atoms with E-state index in [0.29, 0.717) is 11.7 Å². The zero-order chi connectivity index (χ0) is 18.4. The largest absolute Gasteiger partial charge is 0.337 e. The number of carbonyl (C=O) groups excluding carboxylic acids is 2. The summed E-state index contributed by atoms with van der Waals surface area (Å²) < 4.78 is 1.74. The molecular formula is C17H23N5O2S. The van der Waals surface area contributed by atoms with Crippen LogP contribution in [0.5, 0.6) is 0 Å². The Bertz CT molecular complexity index is 817. The molecule has 0 aliphatic carbocycles. The fraction of sp³-hybridized carbons (Fsp3) is 0.529. The normalized spacial score (nSPS) is 18.0. The molecule has 134 valence electrons. The fourth-order valence-electron chi connectivity index (χ4n) is 3.04. The van der Waals surface area contributed by atoms with E-state index in [-0.39, 0.29) is 29.7 Å². The lowest BCUT2D eigenvalue weighted by Crippen LogP contribution is -2.42. The van der Waals surface area contributed by atoms with Crippen LogP contribution in [-0.4, -0.2) is 43.6 Å². The van der Waals surface area contributed by atoms with E-state index in [1.165, 1.54) is 11.3 Å². The number of aromatic nitrogens is 3. The molecule has 1 saturated heterocycles. The summed E-state index contributed by atoms with van der Waals surface area (Å²) in [5.74, 6) is -0.457. The van der Waals surface area contributed by atoms with Crippen molar-refractivity contribution in [1.29, 1.82) is 0 Å². The molecule has 2 aromatic rings. The third-order valence-electron chi connectivity index (χ3n) is 4.33. The van der Waals surface area contributed by atoms with Crippen molar-refractivity contribution < 1.29 is 9.59 Å². The second-order valence-electron chi connectivity index (χ2n) is 7.41. The molecule has 1 aliphatic heterocycles. The first-order valence-electron chi connectivity index (χ1n) is 8.22. The van der Waals surface area contributed by atoms with Crippen molar-refractivity contribution in [2.24, 2.45) is 13.0 Å². The predicted molar refractivity (Wildman–Crippen MR) is 97.3 cm³/mol. The van der Waals surface area contributed by atoms with Crippen LogP contribution in [0.15, 0.2) is 11.6 Å². The highest BCUT2D eigenvalue weighted by Gasteiger charge is 2.39. The minimum atomic E-state index is -0.334. The molecule has 0 aromatic carbocycles. The van der Waals surface area contributed by atoms with Crippen LogP contribution in [0.2, 0.25) is 0 Å². The Morgan fingerprint density at radius 2 is 2.12 bits per heavy atom. The highest BCUT2D eigenvalue weighted by Crippen LogP contribution is 2.29. The Kier molecular flexibility index (Phi) is 4.40. The Hall–Kier alpha value is -2.22. The number of amides is 2. The quantitative estimate of drug-likeness (QED) is 0.910. The molecule has 3 rings (SSSR count). The van der Waals surface area contributed by atoms with Gasteiger partial charge in [-0.3, -0.25) is 14.3 Å². The maximum atomic E-state index is 12.5. The van der Waals surface area contributed by atoms with E-state index in [9.17, 15) is 9.59 Å². The average molecular weight is 361 g/mol. The number of nitrogens with zero attached hydrogens (tertiary/aromatic N) is 4. The van der Waals surface area contributed by atoms with E-state index in [0.717, 1.165) is 17.0 Å². The van der Waals surface area contributed by atoms with Crippen LogP contribution in [0.1, 0.15) is 32.9 Å². The molecule has 0 spiro atoms. The monoisotopic (exact) mass is 361 g/mol. The van der Waals surface area contributed by atoms with Crippen LogP contribution in [0, 0.1) is 12.8 Å². The number of anilines is 1. The van der Waals surface area contributed by atoms with E-state index in [1.54, 1.807) is 9.58 Å². The molecule has 0 saturated carbocycles. The van der Waals surface area contributed by atoms with Crippen molar-refractivity contribution >= 4 is 28.3 Å². The van der Waals surface area contributed by atoms with Crippen LogP contribution in [-0.2, 0) is 16.6 Å². The molecule has 1 N–H and O–H groups in total. The average Bonchev–Trinajstić information content (AvgIpc) is 3.17. The summed E-state index contributed by atoms with van der Waals surface area (Å²) in [6, 6.07) is 0. The third kappa shape index (κ3) is 3.58. The molecule has 0 unspecified atom stereocenters. The zero-order valence-corrected chi connectivity index (χ0v) is 16.0. The first kappa shape index (κ1) is 17.6. The predicted octanol–water partition coefficient (Wildman–Crippen LogP) is 2.44. The molecule has 1 aliphatic rings. The molecule has 1 atom stereocenters. The Labute approximate surface area is 151 Å². The van der Waals surface area contributed by atoms with Crippen LogP contribution < -0.4 is 5.32 Å². The molecule has 8 heteroatoms. The van der Waals surface area contributed by atoms with Gasteiger partial charge in [0.2, 0.25) is 11.8 Å². The van der Waals surface area contributed by atoms with Crippen LogP contribution in [0.3, 0.4) is 0 Å². The van der Waals surface area contributed by atoms with Crippen LogP contribution in [0.25, 0.3) is 11.3 Å². The number of carbonyl (C=O) groups is 2. The topological polar surface area (TPSA) is 80.1 Å². The Balaban J connectivity index is 1.69. The number of hydrogen-bond donors (Lipinski definition) is 1. The van der Waals surface area contributed by atoms with Crippen molar-refractivity contribution in [1.82, 2.24) is 19.7 Å². The number of thiazole rings is 1. The molecule has 2 aromatic heterocycles. The molecule has 1 fully saturated rings. The minimum Gasteiger partial charge on any atom is -0.337 e. The zero-order valence-electron chi connectivity index (χ0n) is 15.2. The van der Waals surface area contributed by atoms with Gasteiger partial charge in [-0.2, -0.15) is 5.10 Å². The number of nitrogens with one attached hydrogen (secondary N) is 1. The van der Waals surface area contributed by atoms with Crippen LogP contribution in [0.4, 0.5) is 5.13 Å². The number of rotatable bonds is 3. The summed E-state index contributed by atoms with van der Waals surface area (Å²) in [6.07, 6.45) is 2.16.